The van der Waals surface area contributed by atoms with Crippen molar-refractivity contribution in [2.24, 2.45) is 5.92 Å². The number of halogens is 2. The van der Waals surface area contributed by atoms with Gasteiger partial charge in [0, 0.05) is 43.7 Å². The fourth-order valence-electron chi connectivity index (χ4n) is 2.81. The predicted octanol–water partition coefficient (Wildman–Crippen LogP) is 1.91. The highest BCUT2D eigenvalue weighted by Crippen LogP contribution is 2.25. The van der Waals surface area contributed by atoms with Crippen LogP contribution in [0.5, 0.6) is 0 Å². The van der Waals surface area contributed by atoms with Crippen molar-refractivity contribution in [3.05, 3.63) is 64.1 Å². The van der Waals surface area contributed by atoms with E-state index in [0.717, 1.165) is 19.0 Å². The van der Waals surface area contributed by atoms with Gasteiger partial charge in [0.2, 0.25) is 5.56 Å². The molecule has 0 spiro atoms. The molecule has 0 aliphatic carbocycles. The zero-order chi connectivity index (χ0) is 17.1. The van der Waals surface area contributed by atoms with Gasteiger partial charge in [0.05, 0.1) is 5.56 Å². The predicted molar refractivity (Wildman–Crippen MR) is 86.1 cm³/mol. The molecule has 1 fully saturated rings. The molecule has 0 saturated carbocycles. The second-order valence-corrected chi connectivity index (χ2v) is 5.85. The average molecular weight is 333 g/mol. The topological polar surface area (TPSA) is 65.2 Å². The van der Waals surface area contributed by atoms with Gasteiger partial charge in [-0.05, 0) is 30.5 Å². The molecule has 1 aromatic heterocycles. The number of nitrogens with zero attached hydrogens (tertiary/aromatic N) is 1. The van der Waals surface area contributed by atoms with Crippen molar-refractivity contribution in [2.45, 2.75) is 6.42 Å². The molecule has 1 aliphatic heterocycles. The van der Waals surface area contributed by atoms with Crippen LogP contribution >= 0.6 is 0 Å². The van der Waals surface area contributed by atoms with Crippen molar-refractivity contribution >= 4 is 11.6 Å². The Morgan fingerprint density at radius 3 is 2.79 bits per heavy atom. The van der Waals surface area contributed by atoms with Gasteiger partial charge in [-0.2, -0.15) is 0 Å². The van der Waals surface area contributed by atoms with Gasteiger partial charge in [0.1, 0.15) is 0 Å². The van der Waals surface area contributed by atoms with Crippen molar-refractivity contribution in [3.8, 4) is 0 Å². The zero-order valence-corrected chi connectivity index (χ0v) is 12.9. The summed E-state index contributed by atoms with van der Waals surface area (Å²) >= 11 is 0. The summed E-state index contributed by atoms with van der Waals surface area (Å²) in [6.45, 7) is 1.87. The Hall–Kier alpha value is -2.70. The molecule has 2 heterocycles. The number of hydrogen-bond acceptors (Lipinski definition) is 3. The second kappa shape index (κ2) is 6.82. The van der Waals surface area contributed by atoms with E-state index in [2.05, 4.69) is 10.3 Å². The number of H-pyrrole nitrogens is 1. The van der Waals surface area contributed by atoms with Gasteiger partial charge < -0.3 is 15.2 Å². The van der Waals surface area contributed by atoms with Crippen molar-refractivity contribution in [1.29, 1.82) is 0 Å². The first-order valence-electron chi connectivity index (χ1n) is 7.70. The van der Waals surface area contributed by atoms with Gasteiger partial charge in [-0.15, -0.1) is 0 Å². The third-order valence-corrected chi connectivity index (χ3v) is 4.15. The maximum absolute atomic E-state index is 13.3. The van der Waals surface area contributed by atoms with Crippen LogP contribution < -0.4 is 15.8 Å². The average Bonchev–Trinajstić information content (AvgIpc) is 3.05. The lowest BCUT2D eigenvalue weighted by Crippen LogP contribution is -2.31. The molecular weight excluding hydrogens is 316 g/mol. The minimum absolute atomic E-state index is 0.227. The number of aromatic amines is 1. The van der Waals surface area contributed by atoms with E-state index >= 15 is 0 Å². The summed E-state index contributed by atoms with van der Waals surface area (Å²) in [7, 11) is 0. The maximum atomic E-state index is 13.3. The Balaban J connectivity index is 1.54. The van der Waals surface area contributed by atoms with Gasteiger partial charge in [0.15, 0.2) is 11.6 Å². The molecule has 1 aromatic carbocycles. The number of pyridine rings is 1. The standard InChI is InChI=1S/C17H17F2N3O2/c18-14-3-2-13(7-15(14)19)22-6-5-11(10-22)8-21-17(24)12-1-4-16(23)20-9-12/h1-4,7,9,11H,5-6,8,10H2,(H,20,23)(H,21,24)/t11-/m1/s1. The Morgan fingerprint density at radius 1 is 1.25 bits per heavy atom. The number of rotatable bonds is 4. The third kappa shape index (κ3) is 3.61. The van der Waals surface area contributed by atoms with Crippen molar-refractivity contribution in [2.75, 3.05) is 24.5 Å². The molecule has 0 unspecified atom stereocenters. The number of aromatic nitrogens is 1. The summed E-state index contributed by atoms with van der Waals surface area (Å²) < 4.78 is 26.3. The number of amides is 1. The van der Waals surface area contributed by atoms with Gasteiger partial charge in [-0.1, -0.05) is 0 Å². The number of hydrogen-bond donors (Lipinski definition) is 2. The Morgan fingerprint density at radius 2 is 2.08 bits per heavy atom. The molecular formula is C17H17F2N3O2. The van der Waals surface area contributed by atoms with E-state index in [0.29, 0.717) is 24.3 Å². The summed E-state index contributed by atoms with van der Waals surface area (Å²) in [6.07, 6.45) is 2.23. The summed E-state index contributed by atoms with van der Waals surface area (Å²) in [5, 5.41) is 2.83. The summed E-state index contributed by atoms with van der Waals surface area (Å²) in [4.78, 5) is 27.4. The van der Waals surface area contributed by atoms with Gasteiger partial charge in [0.25, 0.3) is 5.91 Å². The Kier molecular flexibility index (Phi) is 4.59. The van der Waals surface area contributed by atoms with Crippen LogP contribution in [-0.2, 0) is 0 Å². The van der Waals surface area contributed by atoms with E-state index in [1.165, 1.54) is 24.4 Å². The number of carbonyl (C=O) groups excluding carboxylic acids is 1. The molecule has 1 atom stereocenters. The van der Waals surface area contributed by atoms with Gasteiger partial charge >= 0.3 is 0 Å². The molecule has 1 amide bonds. The summed E-state index contributed by atoms with van der Waals surface area (Å²) in [5.41, 5.74) is 0.776. The first kappa shape index (κ1) is 16.2. The number of nitrogens with one attached hydrogen (secondary N) is 2. The highest BCUT2D eigenvalue weighted by Gasteiger charge is 2.24. The van der Waals surface area contributed by atoms with Crippen LogP contribution in [0.25, 0.3) is 0 Å². The van der Waals surface area contributed by atoms with Gasteiger partial charge in [-0.3, -0.25) is 9.59 Å². The van der Waals surface area contributed by atoms with Crippen LogP contribution in [0.2, 0.25) is 0 Å². The molecule has 1 saturated heterocycles. The lowest BCUT2D eigenvalue weighted by Gasteiger charge is -2.19. The molecule has 24 heavy (non-hydrogen) atoms. The molecule has 2 aromatic rings. The van der Waals surface area contributed by atoms with Crippen molar-refractivity contribution in [3.63, 3.8) is 0 Å². The molecule has 126 valence electrons. The Labute approximate surface area is 137 Å². The molecule has 5 nitrogen and oxygen atoms in total. The maximum Gasteiger partial charge on any atom is 0.252 e. The quantitative estimate of drug-likeness (QED) is 0.898. The largest absolute Gasteiger partial charge is 0.371 e. The SMILES string of the molecule is O=C(NC[C@H]1CCN(c2ccc(F)c(F)c2)C1)c1ccc(=O)[nH]c1. The molecule has 3 rings (SSSR count). The smallest absolute Gasteiger partial charge is 0.252 e. The minimum atomic E-state index is -0.859. The first-order valence-corrected chi connectivity index (χ1v) is 7.70. The van der Waals surface area contributed by atoms with E-state index in [1.54, 1.807) is 6.07 Å². The number of anilines is 1. The first-order chi connectivity index (χ1) is 11.5. The van der Waals surface area contributed by atoms with Crippen molar-refractivity contribution in [1.82, 2.24) is 10.3 Å². The summed E-state index contributed by atoms with van der Waals surface area (Å²) in [5.74, 6) is -1.74. The highest BCUT2D eigenvalue weighted by atomic mass is 19.2. The second-order valence-electron chi connectivity index (χ2n) is 5.85. The van der Waals surface area contributed by atoms with Crippen LogP contribution in [-0.4, -0.2) is 30.5 Å². The number of carbonyl (C=O) groups is 1. The molecule has 0 radical (unpaired) electrons. The van der Waals surface area contributed by atoms with E-state index in [-0.39, 0.29) is 17.4 Å². The fourth-order valence-corrected chi connectivity index (χ4v) is 2.81. The lowest BCUT2D eigenvalue weighted by molar-refractivity contribution is 0.0948. The highest BCUT2D eigenvalue weighted by molar-refractivity contribution is 5.93. The Bertz CT molecular complexity index is 786. The van der Waals surface area contributed by atoms with Crippen LogP contribution in [0, 0.1) is 17.6 Å². The summed E-state index contributed by atoms with van der Waals surface area (Å²) in [6, 6.07) is 6.64. The minimum Gasteiger partial charge on any atom is -0.371 e. The fraction of sp³-hybridized carbons (Fsp3) is 0.294. The zero-order valence-electron chi connectivity index (χ0n) is 12.9. The molecule has 0 bridgehead atoms. The van der Waals surface area contributed by atoms with E-state index in [1.807, 2.05) is 4.90 Å². The number of benzene rings is 1. The van der Waals surface area contributed by atoms with Gasteiger partial charge in [-0.25, -0.2) is 8.78 Å². The van der Waals surface area contributed by atoms with E-state index < -0.39 is 11.6 Å². The van der Waals surface area contributed by atoms with E-state index in [9.17, 15) is 18.4 Å². The van der Waals surface area contributed by atoms with Crippen molar-refractivity contribution < 1.29 is 13.6 Å². The molecule has 1 aliphatic rings. The van der Waals surface area contributed by atoms with Crippen LogP contribution in [0.3, 0.4) is 0 Å². The normalized spacial score (nSPS) is 17.1. The van der Waals surface area contributed by atoms with E-state index in [4.69, 9.17) is 0 Å². The molecule has 2 N–H and O–H groups in total. The lowest BCUT2D eigenvalue weighted by atomic mass is 10.1. The van der Waals surface area contributed by atoms with Crippen LogP contribution in [0.4, 0.5) is 14.5 Å². The third-order valence-electron chi connectivity index (χ3n) is 4.15. The monoisotopic (exact) mass is 333 g/mol. The molecule has 7 heteroatoms. The van der Waals surface area contributed by atoms with Crippen LogP contribution in [0.15, 0.2) is 41.3 Å². The van der Waals surface area contributed by atoms with Crippen LogP contribution in [0.1, 0.15) is 16.8 Å².